The number of aryl methyl sites for hydroxylation is 1. The molecule has 0 heterocycles. The van der Waals surface area contributed by atoms with E-state index in [4.69, 9.17) is 0 Å². The molecule has 0 aliphatic carbocycles. The second-order valence-electron chi connectivity index (χ2n) is 6.32. The first kappa shape index (κ1) is 13.5. The molecule has 0 amide bonds. The van der Waals surface area contributed by atoms with Crippen LogP contribution in [0.1, 0.15) is 25.0 Å². The predicted octanol–water partition coefficient (Wildman–Crippen LogP) is 3.79. The van der Waals surface area contributed by atoms with Crippen LogP contribution in [0.5, 0.6) is 0 Å². The molecule has 0 fully saturated rings. The highest BCUT2D eigenvalue weighted by Crippen LogP contribution is 2.21. The topological polar surface area (TPSA) is 20.2 Å². The lowest BCUT2D eigenvalue weighted by atomic mass is 9.97. The predicted molar refractivity (Wildman–Crippen MR) is 73.5 cm³/mol. The molecule has 1 aromatic carbocycles. The van der Waals surface area contributed by atoms with E-state index < -0.39 is 13.7 Å². The van der Waals surface area contributed by atoms with Crippen LogP contribution in [0, 0.1) is 0 Å². The van der Waals surface area contributed by atoms with Crippen LogP contribution in [-0.4, -0.2) is 13.2 Å². The molecule has 0 spiro atoms. The van der Waals surface area contributed by atoms with Gasteiger partial charge < -0.3 is 5.11 Å². The van der Waals surface area contributed by atoms with Crippen LogP contribution in [0.25, 0.3) is 0 Å². The van der Waals surface area contributed by atoms with Crippen LogP contribution in [0.15, 0.2) is 24.3 Å². The van der Waals surface area contributed by atoms with E-state index in [0.717, 1.165) is 5.56 Å². The van der Waals surface area contributed by atoms with Crippen molar-refractivity contribution in [3.05, 3.63) is 35.4 Å². The van der Waals surface area contributed by atoms with Crippen LogP contribution in [0.4, 0.5) is 0 Å². The van der Waals surface area contributed by atoms with Gasteiger partial charge >= 0.3 is 0 Å². The van der Waals surface area contributed by atoms with Gasteiger partial charge in [0.05, 0.1) is 5.60 Å². The number of hydrogen-bond acceptors (Lipinski definition) is 1. The molecular weight excluding hydrogens is 212 g/mol. The van der Waals surface area contributed by atoms with Crippen molar-refractivity contribution in [1.82, 2.24) is 0 Å². The van der Waals surface area contributed by atoms with Crippen molar-refractivity contribution in [1.29, 1.82) is 0 Å². The molecular formula is C14H24OSi. The third kappa shape index (κ3) is 4.50. The van der Waals surface area contributed by atoms with Crippen molar-refractivity contribution in [3.8, 4) is 0 Å². The SMILES string of the molecule is CC(C)(O)c1ccc(CC[Si](C)(C)C)cc1. The average molecular weight is 236 g/mol. The number of rotatable bonds is 4. The van der Waals surface area contributed by atoms with Gasteiger partial charge in [0.1, 0.15) is 0 Å². The van der Waals surface area contributed by atoms with E-state index in [9.17, 15) is 5.11 Å². The summed E-state index contributed by atoms with van der Waals surface area (Å²) in [5, 5.41) is 9.85. The highest BCUT2D eigenvalue weighted by atomic mass is 28.3. The molecule has 0 radical (unpaired) electrons. The molecule has 2 heteroatoms. The van der Waals surface area contributed by atoms with Gasteiger partial charge in [0, 0.05) is 8.07 Å². The van der Waals surface area contributed by atoms with Crippen molar-refractivity contribution in [2.75, 3.05) is 0 Å². The van der Waals surface area contributed by atoms with E-state index >= 15 is 0 Å². The molecule has 0 atom stereocenters. The molecule has 1 rings (SSSR count). The van der Waals surface area contributed by atoms with Crippen LogP contribution >= 0.6 is 0 Å². The standard InChI is InChI=1S/C14H24OSi/c1-14(2,15)13-8-6-12(7-9-13)10-11-16(3,4)5/h6-9,15H,10-11H2,1-5H3. The molecule has 0 aliphatic rings. The fraction of sp³-hybridized carbons (Fsp3) is 0.571. The molecule has 1 nitrogen and oxygen atoms in total. The Labute approximate surface area is 101 Å². The highest BCUT2D eigenvalue weighted by Gasteiger charge is 2.16. The van der Waals surface area contributed by atoms with Crippen molar-refractivity contribution < 1.29 is 5.11 Å². The molecule has 0 saturated heterocycles. The average Bonchev–Trinajstić information content (AvgIpc) is 2.13. The minimum absolute atomic E-state index is 0.725. The number of benzene rings is 1. The third-order valence-electron chi connectivity index (χ3n) is 2.82. The molecule has 0 saturated carbocycles. The Bertz CT molecular complexity index is 327. The monoisotopic (exact) mass is 236 g/mol. The number of aliphatic hydroxyl groups is 1. The second-order valence-corrected chi connectivity index (χ2v) is 11.9. The van der Waals surface area contributed by atoms with Crippen LogP contribution in [0.2, 0.25) is 25.7 Å². The molecule has 16 heavy (non-hydrogen) atoms. The fourth-order valence-corrected chi connectivity index (χ4v) is 2.64. The highest BCUT2D eigenvalue weighted by molar-refractivity contribution is 6.76. The maximum Gasteiger partial charge on any atom is 0.0840 e. The van der Waals surface area contributed by atoms with Crippen molar-refractivity contribution >= 4 is 8.07 Å². The molecule has 1 N–H and O–H groups in total. The Morgan fingerprint density at radius 1 is 1.06 bits per heavy atom. The van der Waals surface area contributed by atoms with Crippen LogP contribution in [-0.2, 0) is 12.0 Å². The van der Waals surface area contributed by atoms with Gasteiger partial charge in [0.25, 0.3) is 0 Å². The zero-order chi connectivity index (χ0) is 12.4. The van der Waals surface area contributed by atoms with Gasteiger partial charge in [-0.1, -0.05) is 50.0 Å². The quantitative estimate of drug-likeness (QED) is 0.789. The molecule has 0 aliphatic heterocycles. The summed E-state index contributed by atoms with van der Waals surface area (Å²) < 4.78 is 0. The lowest BCUT2D eigenvalue weighted by molar-refractivity contribution is 0.0786. The van der Waals surface area contributed by atoms with Crippen molar-refractivity contribution in [2.24, 2.45) is 0 Å². The Morgan fingerprint density at radius 3 is 1.94 bits per heavy atom. The first-order valence-electron chi connectivity index (χ1n) is 6.00. The van der Waals surface area contributed by atoms with Gasteiger partial charge in [-0.25, -0.2) is 0 Å². The summed E-state index contributed by atoms with van der Waals surface area (Å²) in [7, 11) is -0.940. The first-order valence-corrected chi connectivity index (χ1v) is 9.71. The Balaban J connectivity index is 2.66. The fourth-order valence-electron chi connectivity index (χ4n) is 1.60. The van der Waals surface area contributed by atoms with Gasteiger partial charge in [-0.3, -0.25) is 0 Å². The minimum Gasteiger partial charge on any atom is -0.386 e. The summed E-state index contributed by atoms with van der Waals surface area (Å²) in [6, 6.07) is 9.70. The summed E-state index contributed by atoms with van der Waals surface area (Å²) in [5.74, 6) is 0. The van der Waals surface area contributed by atoms with Gasteiger partial charge in [-0.2, -0.15) is 0 Å². The minimum atomic E-state index is -0.940. The largest absolute Gasteiger partial charge is 0.386 e. The lowest BCUT2D eigenvalue weighted by Crippen LogP contribution is -2.20. The summed E-state index contributed by atoms with van der Waals surface area (Å²) in [5.41, 5.74) is 1.65. The van der Waals surface area contributed by atoms with E-state index in [1.165, 1.54) is 18.0 Å². The van der Waals surface area contributed by atoms with E-state index in [2.05, 4.69) is 31.8 Å². The summed E-state index contributed by atoms with van der Waals surface area (Å²) >= 11 is 0. The molecule has 1 aromatic rings. The normalized spacial score (nSPS) is 12.9. The molecule has 0 unspecified atom stereocenters. The summed E-state index contributed by atoms with van der Waals surface area (Å²) in [6.45, 7) is 10.8. The molecule has 0 bridgehead atoms. The zero-order valence-corrected chi connectivity index (χ0v) is 12.2. The third-order valence-corrected chi connectivity index (χ3v) is 4.57. The van der Waals surface area contributed by atoms with Crippen LogP contribution in [0.3, 0.4) is 0 Å². The Kier molecular flexibility index (Phi) is 3.97. The van der Waals surface area contributed by atoms with E-state index in [1.54, 1.807) is 0 Å². The number of hydrogen-bond donors (Lipinski definition) is 1. The maximum atomic E-state index is 9.85. The van der Waals surface area contributed by atoms with Gasteiger partial charge in [0.15, 0.2) is 0 Å². The van der Waals surface area contributed by atoms with Gasteiger partial charge in [0.2, 0.25) is 0 Å². The summed E-state index contributed by atoms with van der Waals surface area (Å²) in [6.07, 6.45) is 1.17. The second kappa shape index (κ2) is 4.72. The Morgan fingerprint density at radius 2 is 1.56 bits per heavy atom. The molecule has 0 aromatic heterocycles. The maximum absolute atomic E-state index is 9.85. The van der Waals surface area contributed by atoms with Crippen molar-refractivity contribution in [3.63, 3.8) is 0 Å². The zero-order valence-electron chi connectivity index (χ0n) is 11.2. The van der Waals surface area contributed by atoms with Crippen molar-refractivity contribution in [2.45, 2.75) is 51.6 Å². The summed E-state index contributed by atoms with van der Waals surface area (Å²) in [4.78, 5) is 0. The first-order chi connectivity index (χ1) is 7.18. The lowest BCUT2D eigenvalue weighted by Gasteiger charge is -2.19. The van der Waals surface area contributed by atoms with Gasteiger partial charge in [-0.15, -0.1) is 0 Å². The molecule has 90 valence electrons. The van der Waals surface area contributed by atoms with E-state index in [1.807, 2.05) is 26.0 Å². The van der Waals surface area contributed by atoms with E-state index in [0.29, 0.717) is 0 Å². The smallest absolute Gasteiger partial charge is 0.0840 e. The Hall–Kier alpha value is -0.603. The van der Waals surface area contributed by atoms with E-state index in [-0.39, 0.29) is 0 Å². The van der Waals surface area contributed by atoms with Gasteiger partial charge in [-0.05, 0) is 31.4 Å². The van der Waals surface area contributed by atoms with Crippen LogP contribution < -0.4 is 0 Å².